The maximum Gasteiger partial charge on any atom is 0.236 e. The van der Waals surface area contributed by atoms with E-state index in [1.54, 1.807) is 17.8 Å². The second-order valence-corrected chi connectivity index (χ2v) is 7.38. The van der Waals surface area contributed by atoms with Crippen LogP contribution in [0.1, 0.15) is 17.9 Å². The highest BCUT2D eigenvalue weighted by Gasteiger charge is 2.38. The fourth-order valence-corrected chi connectivity index (χ4v) is 3.74. The Bertz CT molecular complexity index is 510. The first-order valence-electron chi connectivity index (χ1n) is 6.45. The van der Waals surface area contributed by atoms with Gasteiger partial charge in [-0.2, -0.15) is 0 Å². The van der Waals surface area contributed by atoms with Crippen LogP contribution in [0.5, 0.6) is 0 Å². The molecular weight excluding hydrogens is 315 g/mol. The van der Waals surface area contributed by atoms with Gasteiger partial charge in [-0.05, 0) is 38.7 Å². The normalized spacial score (nSPS) is 22.9. The average Bonchev–Trinajstić information content (AvgIpc) is 2.67. The number of amides is 1. The Kier molecular flexibility index (Phi) is 5.24. The number of benzene rings is 1. The van der Waals surface area contributed by atoms with E-state index in [1.165, 1.54) is 0 Å². The van der Waals surface area contributed by atoms with Crippen LogP contribution in [0.2, 0.25) is 10.0 Å². The van der Waals surface area contributed by atoms with E-state index in [4.69, 9.17) is 23.2 Å². The van der Waals surface area contributed by atoms with Gasteiger partial charge in [0.2, 0.25) is 5.91 Å². The zero-order valence-corrected chi connectivity index (χ0v) is 14.1. The summed E-state index contributed by atoms with van der Waals surface area (Å²) in [5.74, 6) is 0.188. The summed E-state index contributed by atoms with van der Waals surface area (Å²) in [7, 11) is 4.01. The van der Waals surface area contributed by atoms with Gasteiger partial charge in [0.25, 0.3) is 0 Å². The Labute approximate surface area is 134 Å². The molecule has 2 atom stereocenters. The van der Waals surface area contributed by atoms with Crippen molar-refractivity contribution < 1.29 is 4.79 Å². The molecule has 1 saturated heterocycles. The highest BCUT2D eigenvalue weighted by Crippen LogP contribution is 2.43. The number of halogens is 2. The smallest absolute Gasteiger partial charge is 0.236 e. The van der Waals surface area contributed by atoms with Gasteiger partial charge in [0, 0.05) is 13.1 Å². The van der Waals surface area contributed by atoms with E-state index in [9.17, 15) is 4.79 Å². The minimum absolute atomic E-state index is 0.0170. The summed E-state index contributed by atoms with van der Waals surface area (Å²) in [4.78, 5) is 16.3. The van der Waals surface area contributed by atoms with Gasteiger partial charge in [-0.1, -0.05) is 29.3 Å². The third-order valence-corrected chi connectivity index (χ3v) is 5.40. The zero-order chi connectivity index (χ0) is 14.9. The van der Waals surface area contributed by atoms with E-state index >= 15 is 0 Å². The maximum absolute atomic E-state index is 12.3. The van der Waals surface area contributed by atoms with E-state index < -0.39 is 0 Å². The van der Waals surface area contributed by atoms with Gasteiger partial charge < -0.3 is 9.80 Å². The number of carbonyl (C=O) groups is 1. The van der Waals surface area contributed by atoms with Crippen LogP contribution in [0.25, 0.3) is 0 Å². The fraction of sp³-hybridized carbons (Fsp3) is 0.500. The monoisotopic (exact) mass is 332 g/mol. The molecule has 0 aromatic heterocycles. The standard InChI is InChI=1S/C14H18Cl2N2OS/c1-9-13(19)18(7-6-17(2)3)14(20-9)10-4-5-11(15)12(16)8-10/h4-5,8-9,14H,6-7H2,1-3H3/t9-,14-/m1/s1. The number of likely N-dealkylation sites (N-methyl/N-ethyl adjacent to an activating group) is 1. The van der Waals surface area contributed by atoms with Gasteiger partial charge in [-0.15, -0.1) is 11.8 Å². The summed E-state index contributed by atoms with van der Waals surface area (Å²) in [5.41, 5.74) is 1.03. The van der Waals surface area contributed by atoms with Crippen molar-refractivity contribution in [2.45, 2.75) is 17.5 Å². The highest BCUT2D eigenvalue weighted by atomic mass is 35.5. The van der Waals surface area contributed by atoms with Crippen LogP contribution in [-0.2, 0) is 4.79 Å². The van der Waals surface area contributed by atoms with Crippen LogP contribution in [0.15, 0.2) is 18.2 Å². The summed E-state index contributed by atoms with van der Waals surface area (Å²) in [5, 5.41) is 1.07. The Morgan fingerprint density at radius 1 is 1.30 bits per heavy atom. The number of hydrogen-bond donors (Lipinski definition) is 0. The molecule has 1 heterocycles. The Balaban J connectivity index is 2.23. The Morgan fingerprint density at radius 3 is 2.60 bits per heavy atom. The fourth-order valence-electron chi connectivity index (χ4n) is 2.13. The minimum atomic E-state index is -0.0170. The van der Waals surface area contributed by atoms with E-state index in [-0.39, 0.29) is 16.5 Å². The molecule has 1 fully saturated rings. The molecule has 110 valence electrons. The van der Waals surface area contributed by atoms with Gasteiger partial charge in [0.1, 0.15) is 5.37 Å². The van der Waals surface area contributed by atoms with Gasteiger partial charge in [-0.3, -0.25) is 4.79 Å². The van der Waals surface area contributed by atoms with Crippen molar-refractivity contribution in [1.82, 2.24) is 9.80 Å². The summed E-state index contributed by atoms with van der Waals surface area (Å²) in [6, 6.07) is 5.59. The van der Waals surface area contributed by atoms with E-state index in [0.29, 0.717) is 16.6 Å². The first kappa shape index (κ1) is 16.0. The quantitative estimate of drug-likeness (QED) is 0.842. The van der Waals surface area contributed by atoms with Crippen molar-refractivity contribution in [2.24, 2.45) is 0 Å². The number of rotatable bonds is 4. The van der Waals surface area contributed by atoms with Gasteiger partial charge >= 0.3 is 0 Å². The molecule has 0 radical (unpaired) electrons. The van der Waals surface area contributed by atoms with Gasteiger partial charge in [-0.25, -0.2) is 0 Å². The summed E-state index contributed by atoms with van der Waals surface area (Å²) >= 11 is 13.7. The van der Waals surface area contributed by atoms with Crippen LogP contribution >= 0.6 is 35.0 Å². The zero-order valence-electron chi connectivity index (χ0n) is 11.8. The van der Waals surface area contributed by atoms with Crippen LogP contribution in [-0.4, -0.2) is 48.1 Å². The van der Waals surface area contributed by atoms with Crippen LogP contribution in [0, 0.1) is 0 Å². The number of thioether (sulfide) groups is 1. The molecule has 0 N–H and O–H groups in total. The summed E-state index contributed by atoms with van der Waals surface area (Å²) < 4.78 is 0. The molecule has 0 unspecified atom stereocenters. The molecule has 2 rings (SSSR count). The lowest BCUT2D eigenvalue weighted by atomic mass is 10.2. The number of nitrogens with zero attached hydrogens (tertiary/aromatic N) is 2. The lowest BCUT2D eigenvalue weighted by molar-refractivity contribution is -0.129. The van der Waals surface area contributed by atoms with Crippen molar-refractivity contribution >= 4 is 40.9 Å². The average molecular weight is 333 g/mol. The molecule has 0 spiro atoms. The second kappa shape index (κ2) is 6.56. The molecule has 1 aromatic carbocycles. The first-order valence-corrected chi connectivity index (χ1v) is 8.15. The molecule has 1 amide bonds. The van der Waals surface area contributed by atoms with E-state index in [0.717, 1.165) is 12.1 Å². The highest BCUT2D eigenvalue weighted by molar-refractivity contribution is 8.01. The SMILES string of the molecule is C[C@H]1S[C@H](c2ccc(Cl)c(Cl)c2)N(CCN(C)C)C1=O. The molecule has 0 aliphatic carbocycles. The second-order valence-electron chi connectivity index (χ2n) is 5.14. The van der Waals surface area contributed by atoms with Crippen molar-refractivity contribution in [2.75, 3.05) is 27.2 Å². The number of hydrogen-bond acceptors (Lipinski definition) is 3. The molecule has 1 aromatic rings. The van der Waals surface area contributed by atoms with E-state index in [1.807, 2.05) is 38.1 Å². The number of carbonyl (C=O) groups excluding carboxylic acids is 1. The predicted molar refractivity (Wildman–Crippen MR) is 86.5 cm³/mol. The lowest BCUT2D eigenvalue weighted by Gasteiger charge is -2.25. The molecule has 0 saturated carbocycles. The van der Waals surface area contributed by atoms with Gasteiger partial charge in [0.05, 0.1) is 15.3 Å². The van der Waals surface area contributed by atoms with Crippen molar-refractivity contribution in [3.8, 4) is 0 Å². The minimum Gasteiger partial charge on any atom is -0.324 e. The van der Waals surface area contributed by atoms with Crippen LogP contribution in [0.4, 0.5) is 0 Å². The molecule has 3 nitrogen and oxygen atoms in total. The predicted octanol–water partition coefficient (Wildman–Crippen LogP) is 3.52. The van der Waals surface area contributed by atoms with Crippen molar-refractivity contribution in [3.63, 3.8) is 0 Å². The molecular formula is C14H18Cl2N2OS. The molecule has 1 aliphatic rings. The summed E-state index contributed by atoms with van der Waals surface area (Å²) in [6.07, 6.45) is 0. The summed E-state index contributed by atoms with van der Waals surface area (Å²) in [6.45, 7) is 3.51. The molecule has 0 bridgehead atoms. The topological polar surface area (TPSA) is 23.6 Å². The van der Waals surface area contributed by atoms with Crippen LogP contribution in [0.3, 0.4) is 0 Å². The van der Waals surface area contributed by atoms with Crippen LogP contribution < -0.4 is 0 Å². The lowest BCUT2D eigenvalue weighted by Crippen LogP contribution is -2.36. The Morgan fingerprint density at radius 2 is 2.00 bits per heavy atom. The molecule has 6 heteroatoms. The van der Waals surface area contributed by atoms with E-state index in [2.05, 4.69) is 4.90 Å². The third kappa shape index (κ3) is 3.42. The first-order chi connectivity index (χ1) is 9.40. The van der Waals surface area contributed by atoms with Crippen molar-refractivity contribution in [3.05, 3.63) is 33.8 Å². The van der Waals surface area contributed by atoms with Crippen molar-refractivity contribution in [1.29, 1.82) is 0 Å². The molecule has 1 aliphatic heterocycles. The molecule has 20 heavy (non-hydrogen) atoms. The maximum atomic E-state index is 12.3. The largest absolute Gasteiger partial charge is 0.324 e. The van der Waals surface area contributed by atoms with Gasteiger partial charge in [0.15, 0.2) is 0 Å². The Hall–Kier alpha value is -0.420. The third-order valence-electron chi connectivity index (χ3n) is 3.26.